The predicted molar refractivity (Wildman–Crippen MR) is 51.8 cm³/mol. The van der Waals surface area contributed by atoms with E-state index >= 15 is 0 Å². The van der Waals surface area contributed by atoms with Crippen LogP contribution in [0.4, 0.5) is 0 Å². The molecular formula is C8H14N4O3. The van der Waals surface area contributed by atoms with E-state index in [1.807, 2.05) is 0 Å². The number of likely N-dealkylation sites (tertiary alicyclic amines) is 1. The Labute approximate surface area is 86.9 Å². The molecule has 1 aliphatic heterocycles. The molecule has 1 rings (SSSR count). The summed E-state index contributed by atoms with van der Waals surface area (Å²) in [4.78, 5) is 15.5. The highest BCUT2D eigenvalue weighted by Gasteiger charge is 2.29. The van der Waals surface area contributed by atoms with E-state index in [0.717, 1.165) is 0 Å². The van der Waals surface area contributed by atoms with Gasteiger partial charge in [0.2, 0.25) is 5.91 Å². The maximum absolute atomic E-state index is 11.4. The Morgan fingerprint density at radius 2 is 2.47 bits per heavy atom. The molecule has 0 saturated carbocycles. The number of amides is 1. The molecule has 7 nitrogen and oxygen atoms in total. The van der Waals surface area contributed by atoms with Gasteiger partial charge in [-0.3, -0.25) is 4.79 Å². The van der Waals surface area contributed by atoms with Crippen LogP contribution >= 0.6 is 0 Å². The monoisotopic (exact) mass is 214 g/mol. The van der Waals surface area contributed by atoms with Gasteiger partial charge in [-0.05, 0) is 11.4 Å². The molecule has 84 valence electrons. The highest BCUT2D eigenvalue weighted by Crippen LogP contribution is 2.18. The molecule has 0 aromatic heterocycles. The Bertz CT molecular complexity index is 277. The van der Waals surface area contributed by atoms with Crippen molar-refractivity contribution < 1.29 is 15.0 Å². The van der Waals surface area contributed by atoms with Gasteiger partial charge in [0.15, 0.2) is 0 Å². The average Bonchev–Trinajstić information content (AvgIpc) is 2.56. The summed E-state index contributed by atoms with van der Waals surface area (Å²) in [5, 5.41) is 21.2. The van der Waals surface area contributed by atoms with Gasteiger partial charge in [0, 0.05) is 31.0 Å². The van der Waals surface area contributed by atoms with Gasteiger partial charge in [0.05, 0.1) is 12.7 Å². The van der Waals surface area contributed by atoms with Crippen molar-refractivity contribution in [2.24, 2.45) is 11.0 Å². The topological polar surface area (TPSA) is 110 Å². The van der Waals surface area contributed by atoms with E-state index in [-0.39, 0.29) is 25.0 Å². The van der Waals surface area contributed by atoms with Crippen molar-refractivity contribution in [3.8, 4) is 0 Å². The first-order valence-electron chi connectivity index (χ1n) is 4.75. The molecule has 0 aromatic carbocycles. The minimum absolute atomic E-state index is 0.0271. The van der Waals surface area contributed by atoms with Crippen molar-refractivity contribution >= 4 is 5.91 Å². The number of rotatable bonds is 5. The fraction of sp³-hybridized carbons (Fsp3) is 0.875. The first-order valence-corrected chi connectivity index (χ1v) is 4.75. The van der Waals surface area contributed by atoms with E-state index in [9.17, 15) is 9.90 Å². The molecule has 0 spiro atoms. The van der Waals surface area contributed by atoms with E-state index in [1.165, 1.54) is 4.90 Å². The zero-order valence-electron chi connectivity index (χ0n) is 8.28. The van der Waals surface area contributed by atoms with Gasteiger partial charge in [-0.15, -0.1) is 0 Å². The Balaban J connectivity index is 2.42. The number of azide groups is 1. The largest absolute Gasteiger partial charge is 0.394 e. The molecule has 0 aromatic rings. The van der Waals surface area contributed by atoms with Crippen LogP contribution in [0.5, 0.6) is 0 Å². The fourth-order valence-corrected chi connectivity index (χ4v) is 1.62. The van der Waals surface area contributed by atoms with Crippen molar-refractivity contribution in [1.29, 1.82) is 0 Å². The highest BCUT2D eigenvalue weighted by atomic mass is 16.3. The molecule has 1 saturated heterocycles. The summed E-state index contributed by atoms with van der Waals surface area (Å²) in [6, 6.07) is 0. The van der Waals surface area contributed by atoms with Crippen LogP contribution in [0.1, 0.15) is 6.42 Å². The SMILES string of the molecule is [N-]=[N+]=NCC1CC(=O)N(C[C@@H](O)CO)C1. The molecule has 1 amide bonds. The number of aliphatic hydroxyl groups excluding tert-OH is 2. The van der Waals surface area contributed by atoms with Crippen LogP contribution in [0.2, 0.25) is 0 Å². The second kappa shape index (κ2) is 5.55. The summed E-state index contributed by atoms with van der Waals surface area (Å²) in [6.45, 7) is 0.565. The Hall–Kier alpha value is -1.30. The van der Waals surface area contributed by atoms with Gasteiger partial charge in [0.25, 0.3) is 0 Å². The number of hydrogen-bond donors (Lipinski definition) is 2. The van der Waals surface area contributed by atoms with Gasteiger partial charge < -0.3 is 15.1 Å². The van der Waals surface area contributed by atoms with Gasteiger partial charge >= 0.3 is 0 Å². The zero-order valence-corrected chi connectivity index (χ0v) is 8.28. The van der Waals surface area contributed by atoms with Gasteiger partial charge in [0.1, 0.15) is 0 Å². The summed E-state index contributed by atoms with van der Waals surface area (Å²) < 4.78 is 0. The first-order chi connectivity index (χ1) is 7.17. The fourth-order valence-electron chi connectivity index (χ4n) is 1.62. The Morgan fingerprint density at radius 1 is 1.73 bits per heavy atom. The molecule has 2 N–H and O–H groups in total. The first kappa shape index (κ1) is 11.8. The molecule has 1 fully saturated rings. The van der Waals surface area contributed by atoms with Crippen LogP contribution in [0.15, 0.2) is 5.11 Å². The van der Waals surface area contributed by atoms with Gasteiger partial charge in [-0.2, -0.15) is 0 Å². The maximum atomic E-state index is 11.4. The molecule has 1 unspecified atom stereocenters. The van der Waals surface area contributed by atoms with Crippen molar-refractivity contribution in [2.45, 2.75) is 12.5 Å². The number of carbonyl (C=O) groups excluding carboxylic acids is 1. The minimum atomic E-state index is -0.896. The van der Waals surface area contributed by atoms with E-state index < -0.39 is 6.10 Å². The molecular weight excluding hydrogens is 200 g/mol. The summed E-state index contributed by atoms with van der Waals surface area (Å²) in [6.07, 6.45) is -0.552. The smallest absolute Gasteiger partial charge is 0.223 e. The van der Waals surface area contributed by atoms with Crippen molar-refractivity contribution in [2.75, 3.05) is 26.2 Å². The lowest BCUT2D eigenvalue weighted by atomic mass is 10.1. The van der Waals surface area contributed by atoms with Crippen LogP contribution in [0.3, 0.4) is 0 Å². The number of aliphatic hydroxyl groups is 2. The maximum Gasteiger partial charge on any atom is 0.223 e. The number of β-amino-alcohol motifs (C(OH)–C–C–N with tert-alkyl or cyclic N) is 1. The third kappa shape index (κ3) is 3.39. The van der Waals surface area contributed by atoms with Crippen molar-refractivity contribution in [3.63, 3.8) is 0 Å². The van der Waals surface area contributed by atoms with Gasteiger partial charge in [-0.25, -0.2) is 0 Å². The van der Waals surface area contributed by atoms with Crippen molar-refractivity contribution in [3.05, 3.63) is 10.4 Å². The number of carbonyl (C=O) groups is 1. The van der Waals surface area contributed by atoms with E-state index in [1.54, 1.807) is 0 Å². The van der Waals surface area contributed by atoms with Crippen LogP contribution in [-0.4, -0.2) is 53.4 Å². The standard InChI is InChI=1S/C8H14N4O3/c9-11-10-2-6-1-8(15)12(3-6)4-7(14)5-13/h6-7,13-14H,1-5H2/t6?,7-/m1/s1. The van der Waals surface area contributed by atoms with Crippen LogP contribution in [-0.2, 0) is 4.79 Å². The Kier molecular flexibility index (Phi) is 4.36. The molecule has 15 heavy (non-hydrogen) atoms. The molecule has 0 aliphatic carbocycles. The lowest BCUT2D eigenvalue weighted by Crippen LogP contribution is -2.35. The quantitative estimate of drug-likeness (QED) is 0.365. The van der Waals surface area contributed by atoms with Gasteiger partial charge in [-0.1, -0.05) is 5.11 Å². The van der Waals surface area contributed by atoms with Crippen LogP contribution < -0.4 is 0 Å². The molecule has 0 radical (unpaired) electrons. The predicted octanol–water partition coefficient (Wildman–Crippen LogP) is -0.502. The number of nitrogens with zero attached hydrogens (tertiary/aromatic N) is 4. The molecule has 2 atom stereocenters. The van der Waals surface area contributed by atoms with Crippen molar-refractivity contribution in [1.82, 2.24) is 4.90 Å². The minimum Gasteiger partial charge on any atom is -0.394 e. The lowest BCUT2D eigenvalue weighted by molar-refractivity contribution is -0.129. The molecule has 1 aliphatic rings. The second-order valence-corrected chi connectivity index (χ2v) is 3.62. The zero-order chi connectivity index (χ0) is 11.3. The number of hydrogen-bond acceptors (Lipinski definition) is 4. The van der Waals surface area contributed by atoms with E-state index in [4.69, 9.17) is 10.6 Å². The average molecular weight is 214 g/mol. The third-order valence-corrected chi connectivity index (χ3v) is 2.34. The molecule has 1 heterocycles. The molecule has 0 bridgehead atoms. The summed E-state index contributed by atoms with van der Waals surface area (Å²) >= 11 is 0. The second-order valence-electron chi connectivity index (χ2n) is 3.62. The van der Waals surface area contributed by atoms with E-state index in [2.05, 4.69) is 10.0 Å². The van der Waals surface area contributed by atoms with Crippen LogP contribution in [0, 0.1) is 5.92 Å². The lowest BCUT2D eigenvalue weighted by Gasteiger charge is -2.18. The van der Waals surface area contributed by atoms with Crippen LogP contribution in [0.25, 0.3) is 10.4 Å². The highest BCUT2D eigenvalue weighted by molar-refractivity contribution is 5.78. The third-order valence-electron chi connectivity index (χ3n) is 2.34. The molecule has 7 heteroatoms. The van der Waals surface area contributed by atoms with E-state index in [0.29, 0.717) is 19.5 Å². The normalized spacial score (nSPS) is 22.7. The summed E-state index contributed by atoms with van der Waals surface area (Å²) in [5.74, 6) is -0.0417. The summed E-state index contributed by atoms with van der Waals surface area (Å²) in [7, 11) is 0. The Morgan fingerprint density at radius 3 is 3.07 bits per heavy atom. The summed E-state index contributed by atoms with van der Waals surface area (Å²) in [5.41, 5.74) is 8.13.